The van der Waals surface area contributed by atoms with Crippen molar-refractivity contribution in [3.05, 3.63) is 18.0 Å². The van der Waals surface area contributed by atoms with Crippen LogP contribution >= 0.6 is 0 Å². The number of aromatic nitrogens is 2. The van der Waals surface area contributed by atoms with Gasteiger partial charge in [0, 0.05) is 25.8 Å². The lowest BCUT2D eigenvalue weighted by atomic mass is 9.77. The number of aryl methyl sites for hydroxylation is 1. The predicted octanol–water partition coefficient (Wildman–Crippen LogP) is 1.98. The average Bonchev–Trinajstić information content (AvgIpc) is 2.86. The zero-order chi connectivity index (χ0) is 13.9. The van der Waals surface area contributed by atoms with Gasteiger partial charge in [0.05, 0.1) is 11.1 Å². The van der Waals surface area contributed by atoms with Gasteiger partial charge >= 0.3 is 5.97 Å². The zero-order valence-electron chi connectivity index (χ0n) is 11.8. The van der Waals surface area contributed by atoms with E-state index < -0.39 is 11.4 Å². The molecule has 0 bridgehead atoms. The summed E-state index contributed by atoms with van der Waals surface area (Å²) in [5.74, 6) is -0.649. The second-order valence-corrected chi connectivity index (χ2v) is 5.39. The first-order valence-corrected chi connectivity index (χ1v) is 7.07. The third-order valence-corrected chi connectivity index (χ3v) is 4.28. The molecule has 2 rings (SSSR count). The van der Waals surface area contributed by atoms with E-state index in [2.05, 4.69) is 16.9 Å². The van der Waals surface area contributed by atoms with Gasteiger partial charge in [-0.3, -0.25) is 14.4 Å². The number of nitrogens with zero attached hydrogens (tertiary/aromatic N) is 3. The summed E-state index contributed by atoms with van der Waals surface area (Å²) in [4.78, 5) is 13.8. The number of likely N-dealkylation sites (tertiary alicyclic amines) is 1. The van der Waals surface area contributed by atoms with Gasteiger partial charge in [0.1, 0.15) is 0 Å². The Labute approximate surface area is 114 Å². The third kappa shape index (κ3) is 2.81. The minimum atomic E-state index is -0.649. The van der Waals surface area contributed by atoms with Crippen molar-refractivity contribution >= 4 is 5.97 Å². The molecule has 0 aliphatic carbocycles. The van der Waals surface area contributed by atoms with Crippen LogP contribution in [-0.4, -0.2) is 38.8 Å². The van der Waals surface area contributed by atoms with Crippen molar-refractivity contribution in [2.75, 3.05) is 13.1 Å². The molecule has 0 amide bonds. The number of carboxylic acids is 1. The fraction of sp³-hybridized carbons (Fsp3) is 0.714. The molecule has 1 aliphatic heterocycles. The number of carboxylic acid groups (broad SMARTS) is 1. The molecule has 1 atom stereocenters. The van der Waals surface area contributed by atoms with E-state index >= 15 is 0 Å². The molecule has 1 saturated heterocycles. The molecule has 2 heterocycles. The molecule has 1 fully saturated rings. The molecule has 1 unspecified atom stereocenters. The van der Waals surface area contributed by atoms with Gasteiger partial charge in [0.2, 0.25) is 0 Å². The van der Waals surface area contributed by atoms with Gasteiger partial charge in [-0.25, -0.2) is 0 Å². The molecule has 5 nitrogen and oxygen atoms in total. The second kappa shape index (κ2) is 5.74. The number of piperidine rings is 1. The number of aliphatic carboxylic acids is 1. The molecular formula is C14H23N3O2. The molecule has 0 saturated carbocycles. The van der Waals surface area contributed by atoms with Crippen molar-refractivity contribution in [1.29, 1.82) is 0 Å². The Morgan fingerprint density at radius 1 is 1.53 bits per heavy atom. The Bertz CT molecular complexity index is 444. The summed E-state index contributed by atoms with van der Waals surface area (Å²) >= 11 is 0. The van der Waals surface area contributed by atoms with Crippen LogP contribution in [0.15, 0.2) is 12.3 Å². The van der Waals surface area contributed by atoms with Gasteiger partial charge in [-0.15, -0.1) is 0 Å². The van der Waals surface area contributed by atoms with Crippen LogP contribution < -0.4 is 0 Å². The Morgan fingerprint density at radius 2 is 2.32 bits per heavy atom. The summed E-state index contributed by atoms with van der Waals surface area (Å²) in [5.41, 5.74) is 0.606. The highest BCUT2D eigenvalue weighted by atomic mass is 16.4. The minimum Gasteiger partial charge on any atom is -0.481 e. The maximum absolute atomic E-state index is 11.5. The van der Waals surface area contributed by atoms with Crippen molar-refractivity contribution < 1.29 is 9.90 Å². The van der Waals surface area contributed by atoms with Crippen molar-refractivity contribution in [3.8, 4) is 0 Å². The van der Waals surface area contributed by atoms with Gasteiger partial charge in [-0.05, 0) is 38.8 Å². The van der Waals surface area contributed by atoms with E-state index in [9.17, 15) is 9.90 Å². The first kappa shape index (κ1) is 14.1. The predicted molar refractivity (Wildman–Crippen MR) is 72.8 cm³/mol. The minimum absolute atomic E-state index is 0.560. The highest BCUT2D eigenvalue weighted by Crippen LogP contribution is 2.34. The average molecular weight is 265 g/mol. The lowest BCUT2D eigenvalue weighted by Gasteiger charge is -2.39. The van der Waals surface area contributed by atoms with Crippen LogP contribution in [0, 0.1) is 5.41 Å². The molecule has 19 heavy (non-hydrogen) atoms. The molecule has 0 radical (unpaired) electrons. The smallest absolute Gasteiger partial charge is 0.310 e. The number of hydrogen-bond acceptors (Lipinski definition) is 3. The topological polar surface area (TPSA) is 58.4 Å². The fourth-order valence-electron chi connectivity index (χ4n) is 2.98. The van der Waals surface area contributed by atoms with Crippen molar-refractivity contribution in [1.82, 2.24) is 14.7 Å². The summed E-state index contributed by atoms with van der Waals surface area (Å²) in [6.07, 6.45) is 4.27. The van der Waals surface area contributed by atoms with Crippen LogP contribution in [0.5, 0.6) is 0 Å². The first-order chi connectivity index (χ1) is 9.11. The summed E-state index contributed by atoms with van der Waals surface area (Å²) in [7, 11) is 0. The number of carbonyl (C=O) groups is 1. The zero-order valence-corrected chi connectivity index (χ0v) is 11.8. The van der Waals surface area contributed by atoms with Gasteiger partial charge in [0.25, 0.3) is 0 Å². The first-order valence-electron chi connectivity index (χ1n) is 7.07. The van der Waals surface area contributed by atoms with Crippen LogP contribution in [0.1, 0.15) is 38.8 Å². The normalized spacial score (nSPS) is 24.5. The van der Waals surface area contributed by atoms with E-state index in [1.165, 1.54) is 5.69 Å². The quantitative estimate of drug-likeness (QED) is 0.884. The van der Waals surface area contributed by atoms with Crippen LogP contribution in [0.4, 0.5) is 0 Å². The van der Waals surface area contributed by atoms with Crippen molar-refractivity contribution in [2.24, 2.45) is 5.41 Å². The number of hydrogen-bond donors (Lipinski definition) is 1. The van der Waals surface area contributed by atoms with Crippen LogP contribution in [-0.2, 0) is 17.9 Å². The van der Waals surface area contributed by atoms with Gasteiger partial charge in [-0.1, -0.05) is 6.92 Å². The van der Waals surface area contributed by atoms with E-state index in [1.807, 2.05) is 23.9 Å². The molecule has 1 aromatic rings. The molecule has 1 aromatic heterocycles. The largest absolute Gasteiger partial charge is 0.481 e. The fourth-order valence-corrected chi connectivity index (χ4v) is 2.98. The Hall–Kier alpha value is -1.36. The monoisotopic (exact) mass is 265 g/mol. The number of rotatable bonds is 5. The van der Waals surface area contributed by atoms with Gasteiger partial charge in [-0.2, -0.15) is 5.10 Å². The van der Waals surface area contributed by atoms with E-state index in [1.54, 1.807) is 0 Å². The standard InChI is InChI=1S/C14H23N3O2/c1-3-14(13(18)19)7-5-9-16(11-14)10-12-6-8-15-17(12)4-2/h6,8H,3-5,7,9-11H2,1-2H3,(H,18,19). The van der Waals surface area contributed by atoms with Crippen molar-refractivity contribution in [2.45, 2.75) is 46.2 Å². The Morgan fingerprint density at radius 3 is 2.95 bits per heavy atom. The Kier molecular flexibility index (Phi) is 4.24. The molecular weight excluding hydrogens is 242 g/mol. The third-order valence-electron chi connectivity index (χ3n) is 4.28. The molecule has 0 aromatic carbocycles. The summed E-state index contributed by atoms with van der Waals surface area (Å²) in [5, 5.41) is 13.8. The lowest BCUT2D eigenvalue weighted by molar-refractivity contribution is -0.153. The molecule has 5 heteroatoms. The SMILES string of the molecule is CCn1nccc1CN1CCCC(CC)(C(=O)O)C1. The maximum atomic E-state index is 11.5. The lowest BCUT2D eigenvalue weighted by Crippen LogP contribution is -2.47. The van der Waals surface area contributed by atoms with Crippen LogP contribution in [0.2, 0.25) is 0 Å². The van der Waals surface area contributed by atoms with Gasteiger partial charge < -0.3 is 5.11 Å². The summed E-state index contributed by atoms with van der Waals surface area (Å²) in [6, 6.07) is 2.02. The summed E-state index contributed by atoms with van der Waals surface area (Å²) < 4.78 is 1.98. The van der Waals surface area contributed by atoms with E-state index in [0.717, 1.165) is 32.5 Å². The Balaban J connectivity index is 2.07. The van der Waals surface area contributed by atoms with E-state index in [4.69, 9.17) is 0 Å². The summed E-state index contributed by atoms with van der Waals surface area (Å²) in [6.45, 7) is 7.32. The van der Waals surface area contributed by atoms with Gasteiger partial charge in [0.15, 0.2) is 0 Å². The molecule has 106 valence electrons. The van der Waals surface area contributed by atoms with Crippen LogP contribution in [0.25, 0.3) is 0 Å². The van der Waals surface area contributed by atoms with Crippen molar-refractivity contribution in [3.63, 3.8) is 0 Å². The second-order valence-electron chi connectivity index (χ2n) is 5.39. The van der Waals surface area contributed by atoms with E-state index in [-0.39, 0.29) is 0 Å². The maximum Gasteiger partial charge on any atom is 0.310 e. The van der Waals surface area contributed by atoms with Crippen LogP contribution in [0.3, 0.4) is 0 Å². The molecule has 0 spiro atoms. The molecule has 1 aliphatic rings. The highest BCUT2D eigenvalue weighted by molar-refractivity contribution is 5.75. The highest BCUT2D eigenvalue weighted by Gasteiger charge is 2.40. The van der Waals surface area contributed by atoms with E-state index in [0.29, 0.717) is 13.0 Å². The molecule has 1 N–H and O–H groups in total.